The fourth-order valence-corrected chi connectivity index (χ4v) is 2.57. The van der Waals surface area contributed by atoms with Gasteiger partial charge in [0.2, 0.25) is 11.8 Å². The summed E-state index contributed by atoms with van der Waals surface area (Å²) < 4.78 is 63.7. The molecule has 2 nitrogen and oxygen atoms in total. The van der Waals surface area contributed by atoms with Gasteiger partial charge in [-0.05, 0) is 30.5 Å². The molecule has 22 heavy (non-hydrogen) atoms. The molecule has 0 saturated heterocycles. The summed E-state index contributed by atoms with van der Waals surface area (Å²) >= 11 is 0. The fraction of sp³-hybridized carbons (Fsp3) is 0.533. The van der Waals surface area contributed by atoms with Crippen LogP contribution in [0.3, 0.4) is 0 Å². The number of carbonyl (C=O) groups excluding carboxylic acids is 1. The second-order valence-electron chi connectivity index (χ2n) is 5.59. The van der Waals surface area contributed by atoms with Gasteiger partial charge >= 0.3 is 6.18 Å². The number of hydrogen-bond acceptors (Lipinski definition) is 1. The zero-order chi connectivity index (χ0) is 16.4. The number of benzene rings is 1. The fourth-order valence-electron chi connectivity index (χ4n) is 2.57. The third kappa shape index (κ3) is 4.68. The van der Waals surface area contributed by atoms with E-state index in [-0.39, 0.29) is 19.3 Å². The molecule has 1 aliphatic carbocycles. The van der Waals surface area contributed by atoms with Gasteiger partial charge in [0.25, 0.3) is 0 Å². The van der Waals surface area contributed by atoms with Crippen LogP contribution in [-0.2, 0) is 17.4 Å². The van der Waals surface area contributed by atoms with Gasteiger partial charge in [-0.2, -0.15) is 13.2 Å². The van der Waals surface area contributed by atoms with E-state index in [0.717, 1.165) is 12.1 Å². The van der Waals surface area contributed by atoms with Crippen molar-refractivity contribution in [2.24, 2.45) is 0 Å². The van der Waals surface area contributed by atoms with E-state index < -0.39 is 29.6 Å². The lowest BCUT2D eigenvalue weighted by Gasteiger charge is -2.29. The summed E-state index contributed by atoms with van der Waals surface area (Å²) in [7, 11) is 0. The van der Waals surface area contributed by atoms with Gasteiger partial charge < -0.3 is 5.32 Å². The highest BCUT2D eigenvalue weighted by Gasteiger charge is 2.36. The van der Waals surface area contributed by atoms with Crippen molar-refractivity contribution in [3.8, 4) is 0 Å². The Bertz CT molecular complexity index is 524. The molecule has 1 amide bonds. The van der Waals surface area contributed by atoms with E-state index in [9.17, 15) is 26.7 Å². The first-order valence-corrected chi connectivity index (χ1v) is 6.99. The predicted molar refractivity (Wildman–Crippen MR) is 70.5 cm³/mol. The quantitative estimate of drug-likeness (QED) is 0.840. The summed E-state index contributed by atoms with van der Waals surface area (Å²) in [5.74, 6) is -3.22. The Morgan fingerprint density at radius 3 is 2.41 bits per heavy atom. The van der Waals surface area contributed by atoms with Gasteiger partial charge in [-0.1, -0.05) is 12.1 Å². The van der Waals surface area contributed by atoms with E-state index >= 15 is 0 Å². The van der Waals surface area contributed by atoms with Gasteiger partial charge in [0.1, 0.15) is 0 Å². The molecule has 2 rings (SSSR count). The highest BCUT2D eigenvalue weighted by atomic mass is 19.4. The first-order valence-electron chi connectivity index (χ1n) is 6.99. The topological polar surface area (TPSA) is 29.1 Å². The standard InChI is InChI=1S/C15H16F5NO/c16-14(17)7-1-2-12(9-14)21-13(22)8-10-3-5-11(6-4-10)15(18,19)20/h3-6,12H,1-2,7-9H2,(H,21,22). The Labute approximate surface area is 124 Å². The van der Waals surface area contributed by atoms with Crippen LogP contribution in [0.1, 0.15) is 36.8 Å². The summed E-state index contributed by atoms with van der Waals surface area (Å²) in [6.07, 6.45) is -4.26. The molecule has 0 radical (unpaired) electrons. The van der Waals surface area contributed by atoms with Crippen molar-refractivity contribution in [1.82, 2.24) is 5.32 Å². The molecule has 1 unspecified atom stereocenters. The van der Waals surface area contributed by atoms with Crippen LogP contribution in [0.2, 0.25) is 0 Å². The Balaban J connectivity index is 1.89. The number of carbonyl (C=O) groups is 1. The van der Waals surface area contributed by atoms with Crippen molar-refractivity contribution >= 4 is 5.91 Å². The van der Waals surface area contributed by atoms with E-state index in [1.807, 2.05) is 0 Å². The molecular formula is C15H16F5NO. The maximum absolute atomic E-state index is 13.2. The van der Waals surface area contributed by atoms with E-state index in [1.165, 1.54) is 12.1 Å². The number of rotatable bonds is 3. The number of alkyl halides is 5. The van der Waals surface area contributed by atoms with E-state index in [4.69, 9.17) is 0 Å². The summed E-state index contributed by atoms with van der Waals surface area (Å²) in [4.78, 5) is 11.8. The molecule has 1 atom stereocenters. The van der Waals surface area contributed by atoms with E-state index in [0.29, 0.717) is 18.4 Å². The second-order valence-corrected chi connectivity index (χ2v) is 5.59. The van der Waals surface area contributed by atoms with Crippen molar-refractivity contribution in [3.63, 3.8) is 0 Å². The molecule has 1 saturated carbocycles. The lowest BCUT2D eigenvalue weighted by molar-refractivity contribution is -0.137. The predicted octanol–water partition coefficient (Wildman–Crippen LogP) is 3.94. The largest absolute Gasteiger partial charge is 0.416 e. The third-order valence-corrected chi connectivity index (χ3v) is 3.65. The number of amides is 1. The molecule has 0 spiro atoms. The number of hydrogen-bond donors (Lipinski definition) is 1. The Hall–Kier alpha value is -1.66. The van der Waals surface area contributed by atoms with Crippen molar-refractivity contribution in [3.05, 3.63) is 35.4 Å². The van der Waals surface area contributed by atoms with Crippen LogP contribution in [0.15, 0.2) is 24.3 Å². The highest BCUT2D eigenvalue weighted by Crippen LogP contribution is 2.33. The van der Waals surface area contributed by atoms with Crippen LogP contribution in [0.5, 0.6) is 0 Å². The van der Waals surface area contributed by atoms with Crippen LogP contribution in [0.25, 0.3) is 0 Å². The first kappa shape index (κ1) is 16.7. The monoisotopic (exact) mass is 321 g/mol. The molecular weight excluding hydrogens is 305 g/mol. The van der Waals surface area contributed by atoms with Gasteiger partial charge in [-0.25, -0.2) is 8.78 Å². The zero-order valence-corrected chi connectivity index (χ0v) is 11.7. The Kier molecular flexibility index (Phi) is 4.72. The second kappa shape index (κ2) is 6.22. The Morgan fingerprint density at radius 2 is 1.86 bits per heavy atom. The van der Waals surface area contributed by atoms with Crippen molar-refractivity contribution in [1.29, 1.82) is 0 Å². The third-order valence-electron chi connectivity index (χ3n) is 3.65. The minimum Gasteiger partial charge on any atom is -0.353 e. The summed E-state index contributed by atoms with van der Waals surface area (Å²) in [6.45, 7) is 0. The van der Waals surface area contributed by atoms with Crippen molar-refractivity contribution in [2.45, 2.75) is 50.2 Å². The van der Waals surface area contributed by atoms with E-state index in [2.05, 4.69) is 5.32 Å². The average Bonchev–Trinajstić information content (AvgIpc) is 2.36. The smallest absolute Gasteiger partial charge is 0.353 e. The molecule has 1 N–H and O–H groups in total. The summed E-state index contributed by atoms with van der Waals surface area (Å²) in [5.41, 5.74) is -0.378. The number of nitrogens with one attached hydrogen (secondary N) is 1. The molecule has 7 heteroatoms. The molecule has 1 fully saturated rings. The van der Waals surface area contributed by atoms with E-state index in [1.54, 1.807) is 0 Å². The maximum Gasteiger partial charge on any atom is 0.416 e. The highest BCUT2D eigenvalue weighted by molar-refractivity contribution is 5.78. The zero-order valence-electron chi connectivity index (χ0n) is 11.7. The van der Waals surface area contributed by atoms with Gasteiger partial charge in [0.05, 0.1) is 12.0 Å². The summed E-state index contributed by atoms with van der Waals surface area (Å²) in [6, 6.07) is 3.66. The van der Waals surface area contributed by atoms with Crippen LogP contribution in [0, 0.1) is 0 Å². The number of halogens is 5. The van der Waals surface area contributed by atoms with Gasteiger partial charge in [-0.15, -0.1) is 0 Å². The molecule has 0 aromatic heterocycles. The SMILES string of the molecule is O=C(Cc1ccc(C(F)(F)F)cc1)NC1CCCC(F)(F)C1. The first-order chi connectivity index (χ1) is 10.2. The molecule has 0 heterocycles. The molecule has 0 aliphatic heterocycles. The minimum absolute atomic E-state index is 0.125. The van der Waals surface area contributed by atoms with Gasteiger partial charge in [0.15, 0.2) is 0 Å². The molecule has 122 valence electrons. The van der Waals surface area contributed by atoms with Crippen molar-refractivity contribution in [2.75, 3.05) is 0 Å². The van der Waals surface area contributed by atoms with Crippen LogP contribution in [0.4, 0.5) is 22.0 Å². The lowest BCUT2D eigenvalue weighted by Crippen LogP contribution is -2.42. The van der Waals surface area contributed by atoms with Gasteiger partial charge in [-0.3, -0.25) is 4.79 Å². The molecule has 1 aliphatic rings. The normalized spacial score (nSPS) is 21.4. The van der Waals surface area contributed by atoms with Gasteiger partial charge in [0, 0.05) is 18.9 Å². The van der Waals surface area contributed by atoms with Crippen LogP contribution >= 0.6 is 0 Å². The van der Waals surface area contributed by atoms with Crippen molar-refractivity contribution < 1.29 is 26.7 Å². The lowest BCUT2D eigenvalue weighted by atomic mass is 9.92. The maximum atomic E-state index is 13.2. The average molecular weight is 321 g/mol. The minimum atomic E-state index is -4.42. The summed E-state index contributed by atoms with van der Waals surface area (Å²) in [5, 5.41) is 2.53. The molecule has 0 bridgehead atoms. The van der Waals surface area contributed by atoms with Crippen LogP contribution < -0.4 is 5.32 Å². The Morgan fingerprint density at radius 1 is 1.23 bits per heavy atom. The molecule has 1 aromatic carbocycles. The van der Waals surface area contributed by atoms with Crippen LogP contribution in [-0.4, -0.2) is 17.9 Å². The molecule has 1 aromatic rings.